The number of hydrogen-bond acceptors (Lipinski definition) is 3. The Morgan fingerprint density at radius 2 is 2.10 bits per heavy atom. The molecule has 0 bridgehead atoms. The lowest BCUT2D eigenvalue weighted by molar-refractivity contribution is 0.0779. The van der Waals surface area contributed by atoms with Crippen LogP contribution < -0.4 is 5.73 Å². The minimum absolute atomic E-state index is 0.0274. The monoisotopic (exact) mass is 283 g/mol. The average Bonchev–Trinajstić information content (AvgIpc) is 2.78. The number of para-hydroxylation sites is 1. The Hall–Kier alpha value is -2.10. The quantitative estimate of drug-likeness (QED) is 0.937. The molecule has 110 valence electrons. The molecule has 1 amide bonds. The van der Waals surface area contributed by atoms with Gasteiger partial charge in [-0.2, -0.15) is 0 Å². The summed E-state index contributed by atoms with van der Waals surface area (Å²) in [6.07, 6.45) is 2.99. The first-order valence-electron chi connectivity index (χ1n) is 7.66. The van der Waals surface area contributed by atoms with Gasteiger partial charge in [0.1, 0.15) is 0 Å². The van der Waals surface area contributed by atoms with E-state index in [9.17, 15) is 4.79 Å². The summed E-state index contributed by atoms with van der Waals surface area (Å²) in [6, 6.07) is 6.07. The van der Waals surface area contributed by atoms with E-state index in [1.54, 1.807) is 0 Å². The van der Waals surface area contributed by atoms with E-state index in [1.807, 2.05) is 17.0 Å². The number of aryl methyl sites for hydroxylation is 1. The van der Waals surface area contributed by atoms with Crippen LogP contribution in [-0.4, -0.2) is 22.3 Å². The minimum Gasteiger partial charge on any atom is -0.397 e. The van der Waals surface area contributed by atoms with Gasteiger partial charge < -0.3 is 10.6 Å². The van der Waals surface area contributed by atoms with Crippen LogP contribution in [0.4, 0.5) is 5.69 Å². The molecule has 4 heteroatoms. The minimum atomic E-state index is 0.0274. The van der Waals surface area contributed by atoms with Crippen LogP contribution in [0.5, 0.6) is 0 Å². The van der Waals surface area contributed by atoms with Gasteiger partial charge in [-0.3, -0.25) is 4.79 Å². The molecule has 0 saturated heterocycles. The van der Waals surface area contributed by atoms with Gasteiger partial charge in [-0.1, -0.05) is 38.5 Å². The van der Waals surface area contributed by atoms with Crippen molar-refractivity contribution in [2.45, 2.75) is 39.7 Å². The number of anilines is 1. The molecular weight excluding hydrogens is 262 g/mol. The molecule has 0 radical (unpaired) electrons. The van der Waals surface area contributed by atoms with E-state index in [0.29, 0.717) is 17.8 Å². The van der Waals surface area contributed by atoms with Gasteiger partial charge in [0.2, 0.25) is 0 Å². The van der Waals surface area contributed by atoms with Crippen LogP contribution in [0.1, 0.15) is 48.3 Å². The maximum atomic E-state index is 12.5. The SMILES string of the molecule is CCCc1cccc2c(N)c3c(nc12)CN(CCC)C3=O. The number of rotatable bonds is 4. The highest BCUT2D eigenvalue weighted by molar-refractivity contribution is 6.09. The van der Waals surface area contributed by atoms with Crippen LogP contribution in [-0.2, 0) is 13.0 Å². The molecule has 1 aliphatic heterocycles. The molecule has 2 heterocycles. The lowest BCUT2D eigenvalue weighted by atomic mass is 10.0. The zero-order valence-electron chi connectivity index (χ0n) is 12.6. The van der Waals surface area contributed by atoms with Gasteiger partial charge in [0, 0.05) is 11.9 Å². The highest BCUT2D eigenvalue weighted by Crippen LogP contribution is 2.33. The zero-order chi connectivity index (χ0) is 15.0. The number of carbonyl (C=O) groups is 1. The van der Waals surface area contributed by atoms with Crippen molar-refractivity contribution in [3.05, 3.63) is 35.0 Å². The Bertz CT molecular complexity index is 709. The van der Waals surface area contributed by atoms with Crippen molar-refractivity contribution < 1.29 is 4.79 Å². The van der Waals surface area contributed by atoms with E-state index in [-0.39, 0.29) is 5.91 Å². The molecule has 1 aromatic heterocycles. The highest BCUT2D eigenvalue weighted by atomic mass is 16.2. The Morgan fingerprint density at radius 3 is 2.81 bits per heavy atom. The standard InChI is InChI=1S/C17H21N3O/c1-3-6-11-7-5-8-12-15(18)14-13(19-16(11)12)10-20(9-4-2)17(14)21/h5,7-8H,3-4,6,9-10H2,1-2H3,(H2,18,19). The Labute approximate surface area is 125 Å². The molecule has 2 aromatic rings. The highest BCUT2D eigenvalue weighted by Gasteiger charge is 2.31. The fourth-order valence-electron chi connectivity index (χ4n) is 3.11. The van der Waals surface area contributed by atoms with E-state index in [4.69, 9.17) is 10.7 Å². The number of hydrogen-bond donors (Lipinski definition) is 1. The Balaban J connectivity index is 2.18. The molecule has 21 heavy (non-hydrogen) atoms. The number of amides is 1. The molecule has 0 unspecified atom stereocenters. The predicted octanol–water partition coefficient (Wildman–Crippen LogP) is 3.14. The maximum Gasteiger partial charge on any atom is 0.258 e. The van der Waals surface area contributed by atoms with E-state index in [1.165, 1.54) is 5.56 Å². The van der Waals surface area contributed by atoms with Gasteiger partial charge in [0.15, 0.2) is 0 Å². The second-order valence-corrected chi connectivity index (χ2v) is 5.64. The molecule has 4 nitrogen and oxygen atoms in total. The van der Waals surface area contributed by atoms with Crippen molar-refractivity contribution in [3.63, 3.8) is 0 Å². The van der Waals surface area contributed by atoms with Crippen LogP contribution in [0.3, 0.4) is 0 Å². The van der Waals surface area contributed by atoms with Gasteiger partial charge in [-0.05, 0) is 18.4 Å². The number of pyridine rings is 1. The molecule has 0 spiro atoms. The third-order valence-corrected chi connectivity index (χ3v) is 4.07. The molecule has 0 aliphatic carbocycles. The Morgan fingerprint density at radius 1 is 1.29 bits per heavy atom. The molecule has 1 aromatic carbocycles. The maximum absolute atomic E-state index is 12.5. The van der Waals surface area contributed by atoms with Gasteiger partial charge in [0.25, 0.3) is 5.91 Å². The summed E-state index contributed by atoms with van der Waals surface area (Å²) < 4.78 is 0. The predicted molar refractivity (Wildman–Crippen MR) is 85.2 cm³/mol. The number of nitrogens with two attached hydrogens (primary N) is 1. The van der Waals surface area contributed by atoms with E-state index in [2.05, 4.69) is 19.9 Å². The second-order valence-electron chi connectivity index (χ2n) is 5.64. The van der Waals surface area contributed by atoms with Gasteiger partial charge in [0.05, 0.1) is 29.0 Å². The largest absolute Gasteiger partial charge is 0.397 e. The number of aromatic nitrogens is 1. The van der Waals surface area contributed by atoms with E-state index in [0.717, 1.165) is 42.4 Å². The van der Waals surface area contributed by atoms with Crippen LogP contribution >= 0.6 is 0 Å². The molecule has 3 rings (SSSR count). The first-order chi connectivity index (χ1) is 10.2. The van der Waals surface area contributed by atoms with Crippen molar-refractivity contribution in [1.29, 1.82) is 0 Å². The molecular formula is C17H21N3O. The van der Waals surface area contributed by atoms with Crippen molar-refractivity contribution in [3.8, 4) is 0 Å². The summed E-state index contributed by atoms with van der Waals surface area (Å²) in [5, 5.41) is 0.909. The molecule has 2 N–H and O–H groups in total. The molecule has 0 saturated carbocycles. The number of carbonyl (C=O) groups excluding carboxylic acids is 1. The summed E-state index contributed by atoms with van der Waals surface area (Å²) in [6.45, 7) is 5.57. The smallest absolute Gasteiger partial charge is 0.258 e. The summed E-state index contributed by atoms with van der Waals surface area (Å²) in [5.74, 6) is 0.0274. The fraction of sp³-hybridized carbons (Fsp3) is 0.412. The number of benzene rings is 1. The number of fused-ring (bicyclic) bond motifs is 2. The van der Waals surface area contributed by atoms with Crippen molar-refractivity contribution >= 4 is 22.5 Å². The van der Waals surface area contributed by atoms with Crippen LogP contribution in [0.25, 0.3) is 10.9 Å². The Kier molecular flexibility index (Phi) is 3.53. The summed E-state index contributed by atoms with van der Waals surface area (Å²) in [4.78, 5) is 19.1. The summed E-state index contributed by atoms with van der Waals surface area (Å²) in [7, 11) is 0. The number of nitrogens with zero attached hydrogens (tertiary/aromatic N) is 2. The average molecular weight is 283 g/mol. The van der Waals surface area contributed by atoms with Gasteiger partial charge >= 0.3 is 0 Å². The van der Waals surface area contributed by atoms with Crippen molar-refractivity contribution in [1.82, 2.24) is 9.88 Å². The van der Waals surface area contributed by atoms with Crippen LogP contribution in [0.2, 0.25) is 0 Å². The third-order valence-electron chi connectivity index (χ3n) is 4.07. The van der Waals surface area contributed by atoms with E-state index < -0.39 is 0 Å². The summed E-state index contributed by atoms with van der Waals surface area (Å²) in [5.41, 5.74) is 10.5. The third kappa shape index (κ3) is 2.15. The van der Waals surface area contributed by atoms with Crippen LogP contribution in [0, 0.1) is 0 Å². The molecule has 1 aliphatic rings. The van der Waals surface area contributed by atoms with Crippen molar-refractivity contribution in [2.75, 3.05) is 12.3 Å². The topological polar surface area (TPSA) is 59.2 Å². The molecule has 0 fully saturated rings. The van der Waals surface area contributed by atoms with Crippen molar-refractivity contribution in [2.24, 2.45) is 0 Å². The van der Waals surface area contributed by atoms with E-state index >= 15 is 0 Å². The summed E-state index contributed by atoms with van der Waals surface area (Å²) >= 11 is 0. The zero-order valence-corrected chi connectivity index (χ0v) is 12.6. The first-order valence-corrected chi connectivity index (χ1v) is 7.66. The second kappa shape index (κ2) is 5.35. The lowest BCUT2D eigenvalue weighted by Crippen LogP contribution is -2.24. The first kappa shape index (κ1) is 13.9. The van der Waals surface area contributed by atoms with Gasteiger partial charge in [-0.25, -0.2) is 4.98 Å². The number of nitrogen functional groups attached to an aromatic ring is 1. The lowest BCUT2D eigenvalue weighted by Gasteiger charge is -2.13. The molecule has 0 atom stereocenters. The van der Waals surface area contributed by atoms with Gasteiger partial charge in [-0.15, -0.1) is 0 Å². The fourth-order valence-corrected chi connectivity index (χ4v) is 3.11. The normalized spacial score (nSPS) is 14.0. The van der Waals surface area contributed by atoms with Crippen LogP contribution in [0.15, 0.2) is 18.2 Å².